The lowest BCUT2D eigenvalue weighted by Crippen LogP contribution is -2.30. The van der Waals surface area contributed by atoms with Gasteiger partial charge in [0, 0.05) is 18.2 Å². The molecule has 1 aromatic heterocycles. The van der Waals surface area contributed by atoms with Crippen molar-refractivity contribution in [3.8, 4) is 0 Å². The first-order chi connectivity index (χ1) is 9.04. The number of carbonyl (C=O) groups excluding carboxylic acids is 1. The van der Waals surface area contributed by atoms with Crippen molar-refractivity contribution >= 4 is 34.5 Å². The quantitative estimate of drug-likeness (QED) is 0.772. The van der Waals surface area contributed by atoms with Crippen molar-refractivity contribution in [2.75, 3.05) is 12.3 Å². The van der Waals surface area contributed by atoms with Crippen LogP contribution in [0.1, 0.15) is 36.6 Å². The molecule has 1 heterocycles. The zero-order valence-corrected chi connectivity index (χ0v) is 12.6. The number of nitrogens with one attached hydrogen (secondary N) is 1. The predicted octanol–water partition coefficient (Wildman–Crippen LogP) is 2.51. The van der Waals surface area contributed by atoms with Crippen molar-refractivity contribution in [2.45, 2.75) is 31.7 Å². The van der Waals surface area contributed by atoms with E-state index in [1.807, 2.05) is 0 Å². The molecule has 2 rings (SSSR count). The van der Waals surface area contributed by atoms with E-state index in [1.165, 1.54) is 4.68 Å². The molecule has 1 fully saturated rings. The van der Waals surface area contributed by atoms with Crippen LogP contribution in [-0.2, 0) is 11.3 Å². The van der Waals surface area contributed by atoms with Gasteiger partial charge in [0.25, 0.3) is 6.43 Å². The van der Waals surface area contributed by atoms with Crippen molar-refractivity contribution in [2.24, 2.45) is 0 Å². The highest BCUT2D eigenvalue weighted by atomic mass is 79.9. The fourth-order valence-corrected chi connectivity index (χ4v) is 2.76. The minimum Gasteiger partial charge on any atom is -0.354 e. The molecule has 0 aliphatic heterocycles. The van der Waals surface area contributed by atoms with Crippen molar-refractivity contribution in [3.63, 3.8) is 0 Å². The van der Waals surface area contributed by atoms with Crippen LogP contribution in [0, 0.1) is 0 Å². The Morgan fingerprint density at radius 2 is 2.26 bits per heavy atom. The molecule has 0 aromatic carbocycles. The van der Waals surface area contributed by atoms with E-state index >= 15 is 0 Å². The van der Waals surface area contributed by atoms with Gasteiger partial charge in [0.1, 0.15) is 12.2 Å². The monoisotopic (exact) mass is 353 g/mol. The number of aromatic nitrogens is 2. The van der Waals surface area contributed by atoms with Crippen LogP contribution in [0.2, 0.25) is 0 Å². The van der Waals surface area contributed by atoms with Gasteiger partial charge in [0.2, 0.25) is 5.91 Å². The Bertz CT molecular complexity index is 477. The number of hydrogen-bond donors (Lipinski definition) is 2. The van der Waals surface area contributed by atoms with E-state index in [2.05, 4.69) is 39.0 Å². The van der Waals surface area contributed by atoms with Gasteiger partial charge in [-0.25, -0.2) is 8.78 Å². The first-order valence-electron chi connectivity index (χ1n) is 5.96. The van der Waals surface area contributed by atoms with Gasteiger partial charge in [-0.05, 0) is 28.8 Å². The first kappa shape index (κ1) is 14.8. The molecular weight excluding hydrogens is 340 g/mol. The molecule has 1 saturated carbocycles. The predicted molar refractivity (Wildman–Crippen MR) is 73.7 cm³/mol. The molecule has 1 N–H and O–H groups in total. The Kier molecular flexibility index (Phi) is 4.83. The molecule has 0 unspecified atom stereocenters. The second-order valence-corrected chi connectivity index (χ2v) is 5.63. The van der Waals surface area contributed by atoms with E-state index in [1.54, 1.807) is 0 Å². The molecule has 0 bridgehead atoms. The van der Waals surface area contributed by atoms with Crippen LogP contribution in [0.15, 0.2) is 4.47 Å². The Hall–Kier alpha value is -0.630. The van der Waals surface area contributed by atoms with Gasteiger partial charge >= 0.3 is 0 Å². The van der Waals surface area contributed by atoms with Crippen LogP contribution in [0.5, 0.6) is 0 Å². The molecule has 1 aliphatic carbocycles. The number of nitrogens with zero attached hydrogens (tertiary/aromatic N) is 2. The van der Waals surface area contributed by atoms with Crippen LogP contribution >= 0.6 is 28.6 Å². The van der Waals surface area contributed by atoms with Gasteiger partial charge in [-0.15, -0.1) is 0 Å². The van der Waals surface area contributed by atoms with Crippen molar-refractivity contribution in [1.29, 1.82) is 0 Å². The Morgan fingerprint density at radius 1 is 1.58 bits per heavy atom. The molecule has 19 heavy (non-hydrogen) atoms. The second-order valence-electron chi connectivity index (χ2n) is 4.39. The molecule has 1 aliphatic rings. The van der Waals surface area contributed by atoms with Crippen molar-refractivity contribution in [1.82, 2.24) is 15.1 Å². The smallest absolute Gasteiger partial charge is 0.283 e. The van der Waals surface area contributed by atoms with E-state index < -0.39 is 6.43 Å². The number of halogens is 3. The zero-order valence-electron chi connectivity index (χ0n) is 10.1. The van der Waals surface area contributed by atoms with Crippen LogP contribution in [-0.4, -0.2) is 28.0 Å². The maximum absolute atomic E-state index is 12.8. The van der Waals surface area contributed by atoms with Crippen LogP contribution in [0.25, 0.3) is 0 Å². The summed E-state index contributed by atoms with van der Waals surface area (Å²) in [5, 5.41) is 6.50. The lowest BCUT2D eigenvalue weighted by Gasteiger charge is -2.07. The largest absolute Gasteiger partial charge is 0.354 e. The van der Waals surface area contributed by atoms with Crippen molar-refractivity contribution < 1.29 is 13.6 Å². The summed E-state index contributed by atoms with van der Waals surface area (Å²) < 4.78 is 27.4. The molecule has 0 spiro atoms. The molecule has 1 amide bonds. The maximum atomic E-state index is 12.8. The normalized spacial score (nSPS) is 15.0. The molecule has 0 atom stereocenters. The average molecular weight is 354 g/mol. The summed E-state index contributed by atoms with van der Waals surface area (Å²) in [6, 6.07) is 0. The number of carbonyl (C=O) groups is 1. The van der Waals surface area contributed by atoms with Gasteiger partial charge in [-0.2, -0.15) is 17.7 Å². The van der Waals surface area contributed by atoms with Crippen LogP contribution in [0.3, 0.4) is 0 Å². The second kappa shape index (κ2) is 6.21. The molecular formula is C11H14BrF2N3OS. The Morgan fingerprint density at radius 3 is 2.79 bits per heavy atom. The maximum Gasteiger partial charge on any atom is 0.283 e. The van der Waals surface area contributed by atoms with Gasteiger partial charge in [-0.3, -0.25) is 9.48 Å². The summed E-state index contributed by atoms with van der Waals surface area (Å²) in [6.45, 7) is 0.412. The van der Waals surface area contributed by atoms with E-state index in [4.69, 9.17) is 0 Å². The lowest BCUT2D eigenvalue weighted by molar-refractivity contribution is -0.121. The summed E-state index contributed by atoms with van der Waals surface area (Å²) in [7, 11) is 0. The van der Waals surface area contributed by atoms with Crippen LogP contribution in [0.4, 0.5) is 8.78 Å². The van der Waals surface area contributed by atoms with Gasteiger partial charge in [-0.1, -0.05) is 0 Å². The third-order valence-electron chi connectivity index (χ3n) is 2.85. The summed E-state index contributed by atoms with van der Waals surface area (Å²) >= 11 is 7.17. The number of amides is 1. The number of thiol groups is 1. The summed E-state index contributed by atoms with van der Waals surface area (Å²) in [5.74, 6) is 0.519. The molecule has 0 radical (unpaired) electrons. The fraction of sp³-hybridized carbons (Fsp3) is 0.636. The lowest BCUT2D eigenvalue weighted by atomic mass is 10.2. The molecule has 106 valence electrons. The third-order valence-corrected chi connectivity index (χ3v) is 3.89. The minimum atomic E-state index is -2.64. The SMILES string of the molecule is O=C(Cn1nc(C(F)F)c(Br)c1C1CC1)NCCS. The number of hydrogen-bond acceptors (Lipinski definition) is 3. The fourth-order valence-electron chi connectivity index (χ4n) is 1.87. The molecule has 1 aromatic rings. The minimum absolute atomic E-state index is 0.0368. The van der Waals surface area contributed by atoms with E-state index in [9.17, 15) is 13.6 Å². The highest BCUT2D eigenvalue weighted by Crippen LogP contribution is 2.45. The number of rotatable bonds is 6. The zero-order chi connectivity index (χ0) is 14.0. The summed E-state index contributed by atoms with van der Waals surface area (Å²) in [5.41, 5.74) is 0.417. The van der Waals surface area contributed by atoms with E-state index in [-0.39, 0.29) is 24.1 Å². The average Bonchev–Trinajstić information content (AvgIpc) is 3.12. The first-order valence-corrected chi connectivity index (χ1v) is 7.39. The van der Waals surface area contributed by atoms with Crippen LogP contribution < -0.4 is 5.32 Å². The summed E-state index contributed by atoms with van der Waals surface area (Å²) in [6.07, 6.45) is -0.746. The van der Waals surface area contributed by atoms with Gasteiger partial charge in [0.05, 0.1) is 10.2 Å². The Labute approximate surface area is 123 Å². The molecule has 0 saturated heterocycles. The van der Waals surface area contributed by atoms with Gasteiger partial charge < -0.3 is 5.32 Å². The standard InChI is InChI=1S/C11H14BrF2N3OS/c12-8-9(11(13)14)16-17(10(8)6-1-2-6)5-7(18)15-3-4-19/h6,11,19H,1-5H2,(H,15,18). The summed E-state index contributed by atoms with van der Waals surface area (Å²) in [4.78, 5) is 11.6. The van der Waals surface area contributed by atoms with E-state index in [0.29, 0.717) is 22.5 Å². The number of alkyl halides is 2. The molecule has 8 heteroatoms. The highest BCUT2D eigenvalue weighted by Gasteiger charge is 2.33. The third kappa shape index (κ3) is 3.47. The van der Waals surface area contributed by atoms with Crippen molar-refractivity contribution in [3.05, 3.63) is 15.9 Å². The highest BCUT2D eigenvalue weighted by molar-refractivity contribution is 9.10. The topological polar surface area (TPSA) is 46.9 Å². The Balaban J connectivity index is 2.19. The molecule has 4 nitrogen and oxygen atoms in total. The van der Waals surface area contributed by atoms with Gasteiger partial charge in [0.15, 0.2) is 0 Å². The van der Waals surface area contributed by atoms with E-state index in [0.717, 1.165) is 12.8 Å².